The molecule has 2 aliphatic rings. The van der Waals surface area contributed by atoms with Gasteiger partial charge in [0.1, 0.15) is 11.6 Å². The van der Waals surface area contributed by atoms with Crippen LogP contribution in [0.25, 0.3) is 0 Å². The Labute approximate surface area is 198 Å². The molecule has 0 unspecified atom stereocenters. The second-order valence-electron chi connectivity index (χ2n) is 8.98. The zero-order valence-electron chi connectivity index (χ0n) is 19.5. The van der Waals surface area contributed by atoms with E-state index in [0.29, 0.717) is 62.5 Å². The molecule has 0 spiro atoms. The van der Waals surface area contributed by atoms with E-state index in [1.807, 2.05) is 6.92 Å². The molecule has 1 N–H and O–H groups in total. The maximum Gasteiger partial charge on any atom is 0.256 e. The van der Waals surface area contributed by atoms with Crippen molar-refractivity contribution >= 4 is 11.7 Å². The zero-order valence-corrected chi connectivity index (χ0v) is 19.5. The van der Waals surface area contributed by atoms with E-state index >= 15 is 0 Å². The number of aromatic amines is 1. The summed E-state index contributed by atoms with van der Waals surface area (Å²) in [6.07, 6.45) is 2.72. The molecule has 2 aliphatic heterocycles. The number of nitrogens with zero attached hydrogens (tertiary/aromatic N) is 3. The van der Waals surface area contributed by atoms with Gasteiger partial charge in [0.25, 0.3) is 5.56 Å². The van der Waals surface area contributed by atoms with Crippen molar-refractivity contribution in [3.8, 4) is 0 Å². The maximum absolute atomic E-state index is 13.1. The van der Waals surface area contributed by atoms with E-state index in [1.165, 1.54) is 24.3 Å². The van der Waals surface area contributed by atoms with Crippen molar-refractivity contribution in [2.45, 2.75) is 45.8 Å². The number of aromatic nitrogens is 2. The molecule has 0 saturated carbocycles. The van der Waals surface area contributed by atoms with E-state index < -0.39 is 0 Å². The molecule has 0 atom stereocenters. The van der Waals surface area contributed by atoms with E-state index in [1.54, 1.807) is 4.90 Å². The average molecular weight is 471 g/mol. The molecule has 8 nitrogen and oxygen atoms in total. The van der Waals surface area contributed by atoms with Crippen LogP contribution in [0.5, 0.6) is 0 Å². The molecule has 9 heteroatoms. The van der Waals surface area contributed by atoms with Gasteiger partial charge in [0, 0.05) is 24.4 Å². The fraction of sp³-hybridized carbons (Fsp3) is 0.520. The highest BCUT2D eigenvalue weighted by Gasteiger charge is 2.28. The minimum Gasteiger partial charge on any atom is -0.376 e. The van der Waals surface area contributed by atoms with Gasteiger partial charge in [0.15, 0.2) is 5.78 Å². The van der Waals surface area contributed by atoms with Crippen molar-refractivity contribution in [3.63, 3.8) is 0 Å². The van der Waals surface area contributed by atoms with Gasteiger partial charge in [-0.3, -0.25) is 19.3 Å². The van der Waals surface area contributed by atoms with Crippen molar-refractivity contribution < 1.29 is 18.7 Å². The lowest BCUT2D eigenvalue weighted by molar-refractivity contribution is -0.133. The van der Waals surface area contributed by atoms with Gasteiger partial charge in [-0.15, -0.1) is 0 Å². The Morgan fingerprint density at radius 1 is 1.24 bits per heavy atom. The zero-order chi connectivity index (χ0) is 24.1. The molecule has 1 amide bonds. The van der Waals surface area contributed by atoms with E-state index in [9.17, 15) is 18.8 Å². The minimum atomic E-state index is -0.356. The number of ether oxygens (including phenoxy) is 1. The first-order chi connectivity index (χ1) is 16.4. The van der Waals surface area contributed by atoms with Crippen molar-refractivity contribution in [3.05, 3.63) is 63.1 Å². The van der Waals surface area contributed by atoms with Crippen molar-refractivity contribution in [1.29, 1.82) is 0 Å². The number of likely N-dealkylation sites (tertiary alicyclic amines) is 1. The van der Waals surface area contributed by atoms with Gasteiger partial charge >= 0.3 is 0 Å². The number of rotatable bonds is 8. The van der Waals surface area contributed by atoms with Gasteiger partial charge < -0.3 is 14.6 Å². The number of hydrogen-bond acceptors (Lipinski definition) is 6. The molecule has 2 aromatic rings. The first-order valence-corrected chi connectivity index (χ1v) is 11.9. The number of Topliss-reactive ketones (excluding diaryl/α,β-unsaturated/α-hetero) is 1. The van der Waals surface area contributed by atoms with Gasteiger partial charge in [0.05, 0.1) is 37.6 Å². The average Bonchev–Trinajstić information content (AvgIpc) is 2.84. The maximum atomic E-state index is 13.1. The number of fused-ring (bicyclic) bond motifs is 1. The van der Waals surface area contributed by atoms with Crippen LogP contribution in [-0.2, 0) is 29.1 Å². The number of hydrogen-bond donors (Lipinski definition) is 1. The molecule has 3 heterocycles. The van der Waals surface area contributed by atoms with Crippen LogP contribution in [0.1, 0.15) is 53.6 Å². The van der Waals surface area contributed by atoms with Crippen LogP contribution in [0.3, 0.4) is 0 Å². The van der Waals surface area contributed by atoms with Gasteiger partial charge in [-0.25, -0.2) is 9.37 Å². The van der Waals surface area contributed by atoms with Crippen molar-refractivity contribution in [2.24, 2.45) is 5.92 Å². The molecule has 4 rings (SSSR count). The topological polar surface area (TPSA) is 95.6 Å². The van der Waals surface area contributed by atoms with E-state index in [2.05, 4.69) is 14.9 Å². The Morgan fingerprint density at radius 3 is 2.68 bits per heavy atom. The van der Waals surface area contributed by atoms with Crippen LogP contribution in [-0.4, -0.2) is 64.2 Å². The molecule has 0 aliphatic carbocycles. The van der Waals surface area contributed by atoms with Crippen molar-refractivity contribution in [1.82, 2.24) is 19.8 Å². The number of carbonyl (C=O) groups is 2. The number of ketones is 1. The lowest BCUT2D eigenvalue weighted by atomic mass is 9.89. The summed E-state index contributed by atoms with van der Waals surface area (Å²) < 4.78 is 18.5. The summed E-state index contributed by atoms with van der Waals surface area (Å²) in [6.45, 7) is 5.22. The summed E-state index contributed by atoms with van der Waals surface area (Å²) in [6, 6.07) is 5.67. The van der Waals surface area contributed by atoms with Crippen LogP contribution < -0.4 is 5.56 Å². The number of nitrogens with one attached hydrogen (secondary N) is 1. The Morgan fingerprint density at radius 2 is 1.97 bits per heavy atom. The second kappa shape index (κ2) is 11.0. The highest BCUT2D eigenvalue weighted by molar-refractivity contribution is 5.97. The van der Waals surface area contributed by atoms with Crippen molar-refractivity contribution in [2.75, 3.05) is 32.8 Å². The first kappa shape index (κ1) is 24.2. The highest BCUT2D eigenvalue weighted by Crippen LogP contribution is 2.22. The summed E-state index contributed by atoms with van der Waals surface area (Å²) in [5.41, 5.74) is 1.66. The minimum absolute atomic E-state index is 0.0196. The summed E-state index contributed by atoms with van der Waals surface area (Å²) in [5.74, 6) is 0.0406. The molecule has 1 aromatic heterocycles. The molecular weight excluding hydrogens is 439 g/mol. The Hall–Kier alpha value is -2.91. The van der Waals surface area contributed by atoms with Gasteiger partial charge in [-0.2, -0.15) is 0 Å². The number of carbonyl (C=O) groups excluding carboxylic acids is 2. The van der Waals surface area contributed by atoms with Crippen LogP contribution in [0, 0.1) is 11.7 Å². The first-order valence-electron chi connectivity index (χ1n) is 11.9. The second-order valence-corrected chi connectivity index (χ2v) is 8.98. The van der Waals surface area contributed by atoms with Crippen LogP contribution in [0.2, 0.25) is 0 Å². The fourth-order valence-electron chi connectivity index (χ4n) is 4.61. The Bertz CT molecular complexity index is 1080. The van der Waals surface area contributed by atoms with E-state index in [-0.39, 0.29) is 48.7 Å². The normalized spacial score (nSPS) is 16.8. The number of piperidine rings is 1. The molecular formula is C25H31FN4O4. The number of benzene rings is 1. The van der Waals surface area contributed by atoms with Gasteiger partial charge in [0.2, 0.25) is 5.91 Å². The SMILES string of the molecule is CCCN(Cc1nc2c(c(=O)[nH]1)COCC2)C(=O)CN1CCC(C(=O)c2ccc(F)cc2)CC1. The van der Waals surface area contributed by atoms with Gasteiger partial charge in [-0.1, -0.05) is 6.92 Å². The third-order valence-corrected chi connectivity index (χ3v) is 6.51. The lowest BCUT2D eigenvalue weighted by Gasteiger charge is -2.32. The third-order valence-electron chi connectivity index (χ3n) is 6.51. The fourth-order valence-corrected chi connectivity index (χ4v) is 4.61. The molecule has 0 radical (unpaired) electrons. The standard InChI is InChI=1S/C25H31FN4O4/c1-2-10-30(14-22-27-21-9-13-34-16-20(21)25(33)28-22)23(31)15-29-11-7-18(8-12-29)24(32)17-3-5-19(26)6-4-17/h3-6,18H,2,7-16H2,1H3,(H,27,28,33). The molecule has 34 heavy (non-hydrogen) atoms. The van der Waals surface area contributed by atoms with Crippen LogP contribution in [0.4, 0.5) is 4.39 Å². The summed E-state index contributed by atoms with van der Waals surface area (Å²) in [5, 5.41) is 0. The number of H-pyrrole nitrogens is 1. The monoisotopic (exact) mass is 470 g/mol. The van der Waals surface area contributed by atoms with E-state index in [0.717, 1.165) is 12.1 Å². The summed E-state index contributed by atoms with van der Waals surface area (Å²) in [4.78, 5) is 49.4. The number of amides is 1. The van der Waals surface area contributed by atoms with Gasteiger partial charge in [-0.05, 0) is 56.6 Å². The predicted octanol–water partition coefficient (Wildman–Crippen LogP) is 2.32. The predicted molar refractivity (Wildman–Crippen MR) is 124 cm³/mol. The Balaban J connectivity index is 1.33. The third kappa shape index (κ3) is 5.77. The molecule has 1 saturated heterocycles. The molecule has 1 aromatic carbocycles. The quantitative estimate of drug-likeness (QED) is 0.595. The Kier molecular flexibility index (Phi) is 7.84. The number of halogens is 1. The summed E-state index contributed by atoms with van der Waals surface area (Å²) >= 11 is 0. The van der Waals surface area contributed by atoms with E-state index in [4.69, 9.17) is 4.74 Å². The molecule has 182 valence electrons. The highest BCUT2D eigenvalue weighted by atomic mass is 19.1. The van der Waals surface area contributed by atoms with Crippen LogP contribution >= 0.6 is 0 Å². The largest absolute Gasteiger partial charge is 0.376 e. The molecule has 1 fully saturated rings. The summed E-state index contributed by atoms with van der Waals surface area (Å²) in [7, 11) is 0. The van der Waals surface area contributed by atoms with Crippen LogP contribution in [0.15, 0.2) is 29.1 Å². The molecule has 0 bridgehead atoms. The lowest BCUT2D eigenvalue weighted by Crippen LogP contribution is -2.44. The smallest absolute Gasteiger partial charge is 0.256 e.